The molecule has 2 saturated heterocycles. The second kappa shape index (κ2) is 4.51. The second-order valence-corrected chi connectivity index (χ2v) is 3.94. The molecule has 0 radical (unpaired) electrons. The summed E-state index contributed by atoms with van der Waals surface area (Å²) in [6, 6.07) is -0.245. The van der Waals surface area contributed by atoms with Crippen molar-refractivity contribution >= 4 is 17.8 Å². The number of amidine groups is 1. The van der Waals surface area contributed by atoms with Crippen LogP contribution < -0.4 is 5.32 Å². The smallest absolute Gasteiger partial charge is 0.293 e. The number of hydrazine groups is 1. The summed E-state index contributed by atoms with van der Waals surface area (Å²) in [5, 5.41) is 5.65. The van der Waals surface area contributed by atoms with E-state index in [1.165, 1.54) is 10.0 Å². The first-order valence-corrected chi connectivity index (χ1v) is 5.64. The second-order valence-electron chi connectivity index (χ2n) is 3.94. The number of nitrogens with one attached hydrogen (secondary N) is 1. The maximum atomic E-state index is 11.6. The third kappa shape index (κ3) is 2.00. The van der Waals surface area contributed by atoms with Gasteiger partial charge in [-0.25, -0.2) is 14.8 Å². The molecular formula is C10H16N4O2. The number of carbonyl (C=O) groups excluding carboxylic acids is 2. The number of rotatable bonds is 3. The Morgan fingerprint density at radius 1 is 1.38 bits per heavy atom. The van der Waals surface area contributed by atoms with Gasteiger partial charge in [0.15, 0.2) is 0 Å². The highest BCUT2D eigenvalue weighted by atomic mass is 16.2. The zero-order chi connectivity index (χ0) is 11.5. The van der Waals surface area contributed by atoms with Crippen molar-refractivity contribution in [1.29, 1.82) is 0 Å². The van der Waals surface area contributed by atoms with Crippen molar-refractivity contribution in [2.45, 2.75) is 26.2 Å². The zero-order valence-electron chi connectivity index (χ0n) is 9.40. The van der Waals surface area contributed by atoms with Gasteiger partial charge in [-0.2, -0.15) is 0 Å². The number of amides is 3. The fourth-order valence-corrected chi connectivity index (χ4v) is 1.86. The summed E-state index contributed by atoms with van der Waals surface area (Å²) in [6.45, 7) is 3.76. The van der Waals surface area contributed by atoms with Crippen molar-refractivity contribution in [2.75, 3.05) is 19.6 Å². The van der Waals surface area contributed by atoms with Gasteiger partial charge in [0.2, 0.25) is 5.91 Å². The van der Waals surface area contributed by atoms with E-state index in [0.717, 1.165) is 12.8 Å². The topological polar surface area (TPSA) is 65.0 Å². The van der Waals surface area contributed by atoms with Crippen LogP contribution in [0.4, 0.5) is 4.79 Å². The van der Waals surface area contributed by atoms with E-state index in [-0.39, 0.29) is 11.9 Å². The highest BCUT2D eigenvalue weighted by Crippen LogP contribution is 2.15. The molecule has 0 unspecified atom stereocenters. The van der Waals surface area contributed by atoms with E-state index in [0.29, 0.717) is 31.9 Å². The average Bonchev–Trinajstić information content (AvgIpc) is 2.82. The Balaban J connectivity index is 2.02. The summed E-state index contributed by atoms with van der Waals surface area (Å²) in [7, 11) is 0. The Bertz CT molecular complexity index is 340. The molecular weight excluding hydrogens is 208 g/mol. The Kier molecular flexibility index (Phi) is 3.07. The Morgan fingerprint density at radius 2 is 2.19 bits per heavy atom. The Morgan fingerprint density at radius 3 is 2.81 bits per heavy atom. The van der Waals surface area contributed by atoms with Gasteiger partial charge in [-0.05, 0) is 12.8 Å². The molecule has 0 saturated carbocycles. The molecule has 0 bridgehead atoms. The fraction of sp³-hybridized carbons (Fsp3) is 0.700. The largest absolute Gasteiger partial charge is 0.342 e. The number of nitrogens with zero attached hydrogens (tertiary/aromatic N) is 3. The quantitative estimate of drug-likeness (QED) is 0.752. The molecule has 2 heterocycles. The molecule has 88 valence electrons. The SMILES string of the molecule is CCCN=C1CN(N2CCCC2=O)C(=O)N1. The third-order valence-electron chi connectivity index (χ3n) is 2.65. The first kappa shape index (κ1) is 10.9. The van der Waals surface area contributed by atoms with Crippen LogP contribution in [0.2, 0.25) is 0 Å². The molecule has 0 aromatic carbocycles. The van der Waals surface area contributed by atoms with Crippen LogP contribution in [0.5, 0.6) is 0 Å². The standard InChI is InChI=1S/C10H16N4O2/c1-2-5-11-8-7-14(10(16)12-8)13-6-3-4-9(13)15/h2-7H2,1H3,(H,11,12,16). The number of aliphatic imine (C=N–C) groups is 1. The van der Waals surface area contributed by atoms with Gasteiger partial charge >= 0.3 is 6.03 Å². The molecule has 1 N–H and O–H groups in total. The molecule has 2 aliphatic heterocycles. The Labute approximate surface area is 94.3 Å². The molecule has 2 rings (SSSR count). The molecule has 0 aromatic heterocycles. The first-order chi connectivity index (χ1) is 7.72. The van der Waals surface area contributed by atoms with E-state index in [2.05, 4.69) is 10.3 Å². The predicted molar refractivity (Wildman–Crippen MR) is 58.8 cm³/mol. The summed E-state index contributed by atoms with van der Waals surface area (Å²) in [4.78, 5) is 27.4. The van der Waals surface area contributed by atoms with Crippen LogP contribution in [0.25, 0.3) is 0 Å². The fourth-order valence-electron chi connectivity index (χ4n) is 1.86. The van der Waals surface area contributed by atoms with Gasteiger partial charge in [-0.1, -0.05) is 6.92 Å². The normalized spacial score (nSPS) is 23.4. The molecule has 3 amide bonds. The van der Waals surface area contributed by atoms with Crippen LogP contribution in [0.1, 0.15) is 26.2 Å². The van der Waals surface area contributed by atoms with Crippen molar-refractivity contribution in [3.8, 4) is 0 Å². The monoisotopic (exact) mass is 224 g/mol. The number of hydrogen-bond donors (Lipinski definition) is 1. The summed E-state index contributed by atoms with van der Waals surface area (Å²) >= 11 is 0. The number of urea groups is 1. The first-order valence-electron chi connectivity index (χ1n) is 5.64. The van der Waals surface area contributed by atoms with Gasteiger partial charge < -0.3 is 0 Å². The van der Waals surface area contributed by atoms with Gasteiger partial charge in [0.25, 0.3) is 0 Å². The summed E-state index contributed by atoms with van der Waals surface area (Å²) < 4.78 is 0. The molecule has 0 spiro atoms. The van der Waals surface area contributed by atoms with Gasteiger partial charge in [-0.15, -0.1) is 0 Å². The van der Waals surface area contributed by atoms with Crippen molar-refractivity contribution in [3.63, 3.8) is 0 Å². The van der Waals surface area contributed by atoms with Gasteiger partial charge in [0.1, 0.15) is 12.4 Å². The molecule has 0 aliphatic carbocycles. The molecule has 2 fully saturated rings. The lowest BCUT2D eigenvalue weighted by molar-refractivity contribution is -0.137. The third-order valence-corrected chi connectivity index (χ3v) is 2.65. The van der Waals surface area contributed by atoms with Crippen LogP contribution in [0.15, 0.2) is 4.99 Å². The van der Waals surface area contributed by atoms with Crippen molar-refractivity contribution in [1.82, 2.24) is 15.3 Å². The molecule has 0 aromatic rings. The number of carbonyl (C=O) groups is 2. The molecule has 0 atom stereocenters. The van der Waals surface area contributed by atoms with E-state index < -0.39 is 0 Å². The summed E-state index contributed by atoms with van der Waals surface area (Å²) in [6.07, 6.45) is 2.30. The van der Waals surface area contributed by atoms with Crippen molar-refractivity contribution in [2.24, 2.45) is 4.99 Å². The van der Waals surface area contributed by atoms with E-state index >= 15 is 0 Å². The highest BCUT2D eigenvalue weighted by Gasteiger charge is 2.35. The van der Waals surface area contributed by atoms with Crippen LogP contribution in [0.3, 0.4) is 0 Å². The van der Waals surface area contributed by atoms with E-state index in [1.807, 2.05) is 6.92 Å². The molecule has 2 aliphatic rings. The maximum Gasteiger partial charge on any atom is 0.342 e. The van der Waals surface area contributed by atoms with Gasteiger partial charge in [0, 0.05) is 19.5 Å². The summed E-state index contributed by atoms with van der Waals surface area (Å²) in [5.41, 5.74) is 0. The minimum absolute atomic E-state index is 0.0203. The molecule has 6 heteroatoms. The van der Waals surface area contributed by atoms with Gasteiger partial charge in [-0.3, -0.25) is 15.1 Å². The Hall–Kier alpha value is -1.59. The van der Waals surface area contributed by atoms with Crippen LogP contribution >= 0.6 is 0 Å². The lowest BCUT2D eigenvalue weighted by atomic mass is 10.4. The van der Waals surface area contributed by atoms with E-state index in [4.69, 9.17) is 0 Å². The lowest BCUT2D eigenvalue weighted by Crippen LogP contribution is -2.45. The highest BCUT2D eigenvalue weighted by molar-refractivity contribution is 6.05. The predicted octanol–water partition coefficient (Wildman–Crippen LogP) is 0.358. The van der Waals surface area contributed by atoms with Crippen LogP contribution in [-0.2, 0) is 4.79 Å². The molecule has 16 heavy (non-hydrogen) atoms. The zero-order valence-corrected chi connectivity index (χ0v) is 9.40. The van der Waals surface area contributed by atoms with E-state index in [9.17, 15) is 9.59 Å². The van der Waals surface area contributed by atoms with Crippen LogP contribution in [0, 0.1) is 0 Å². The van der Waals surface area contributed by atoms with Crippen molar-refractivity contribution < 1.29 is 9.59 Å². The minimum Gasteiger partial charge on any atom is -0.293 e. The summed E-state index contributed by atoms with van der Waals surface area (Å²) in [5.74, 6) is 0.679. The minimum atomic E-state index is -0.245. The molecule has 6 nitrogen and oxygen atoms in total. The van der Waals surface area contributed by atoms with Crippen molar-refractivity contribution in [3.05, 3.63) is 0 Å². The number of hydrogen-bond acceptors (Lipinski definition) is 3. The van der Waals surface area contributed by atoms with E-state index in [1.54, 1.807) is 0 Å². The maximum absolute atomic E-state index is 11.6. The van der Waals surface area contributed by atoms with Gasteiger partial charge in [0.05, 0.1) is 0 Å². The average molecular weight is 224 g/mol. The lowest BCUT2D eigenvalue weighted by Gasteiger charge is -2.25. The van der Waals surface area contributed by atoms with Crippen LogP contribution in [-0.4, -0.2) is 47.4 Å².